The summed E-state index contributed by atoms with van der Waals surface area (Å²) in [7, 11) is -2.02. The van der Waals surface area contributed by atoms with Crippen molar-refractivity contribution in [2.45, 2.75) is 17.3 Å². The van der Waals surface area contributed by atoms with Crippen molar-refractivity contribution >= 4 is 21.4 Å². The number of sulfone groups is 1. The van der Waals surface area contributed by atoms with Crippen LogP contribution in [-0.4, -0.2) is 39.8 Å². The van der Waals surface area contributed by atoms with E-state index in [9.17, 15) is 8.42 Å². The largest absolute Gasteiger partial charge is 0.267 e. The minimum atomic E-state index is -3.48. The van der Waals surface area contributed by atoms with Gasteiger partial charge in [0.25, 0.3) is 5.16 Å². The first-order valence-electron chi connectivity index (χ1n) is 3.52. The van der Waals surface area contributed by atoms with Crippen LogP contribution < -0.4 is 0 Å². The first-order valence-corrected chi connectivity index (χ1v) is 5.60. The van der Waals surface area contributed by atoms with Gasteiger partial charge in [-0.3, -0.25) is 0 Å². The molecule has 0 N–H and O–H groups in total. The molecule has 6 nitrogen and oxygen atoms in total. The maximum atomic E-state index is 11.6. The van der Waals surface area contributed by atoms with Crippen molar-refractivity contribution < 1.29 is 8.42 Å². The number of rotatable bonds is 3. The molecule has 1 rings (SSSR count). The highest BCUT2D eigenvalue weighted by Crippen LogP contribution is 2.12. The maximum Gasteiger partial charge on any atom is 0.267 e. The van der Waals surface area contributed by atoms with Crippen LogP contribution in [0.4, 0.5) is 0 Å². The molecule has 0 saturated heterocycles. The van der Waals surface area contributed by atoms with Gasteiger partial charge in [0, 0.05) is 12.9 Å². The molecule has 0 radical (unpaired) electrons. The summed E-state index contributed by atoms with van der Waals surface area (Å²) in [6, 6.07) is 0. The van der Waals surface area contributed by atoms with E-state index in [2.05, 4.69) is 15.5 Å². The van der Waals surface area contributed by atoms with Crippen LogP contribution in [0.15, 0.2) is 5.16 Å². The number of hydrogen-bond donors (Lipinski definition) is 0. The van der Waals surface area contributed by atoms with Gasteiger partial charge in [0.05, 0.1) is 5.25 Å². The minimum absolute atomic E-state index is 0.0230. The highest BCUT2D eigenvalue weighted by atomic mass is 35.5. The van der Waals surface area contributed by atoms with Crippen LogP contribution >= 0.6 is 11.6 Å². The van der Waals surface area contributed by atoms with E-state index >= 15 is 0 Å². The van der Waals surface area contributed by atoms with Crippen LogP contribution in [0.25, 0.3) is 0 Å². The Bertz CT molecular complexity index is 387. The van der Waals surface area contributed by atoms with Gasteiger partial charge in [0.2, 0.25) is 9.84 Å². The lowest BCUT2D eigenvalue weighted by molar-refractivity contribution is 0.561. The van der Waals surface area contributed by atoms with E-state index in [-0.39, 0.29) is 11.0 Å². The number of aromatic nitrogens is 4. The number of tetrazole rings is 1. The van der Waals surface area contributed by atoms with E-state index in [1.807, 2.05) is 0 Å². The zero-order valence-electron chi connectivity index (χ0n) is 7.18. The van der Waals surface area contributed by atoms with E-state index in [0.29, 0.717) is 0 Å². The Hall–Kier alpha value is -0.690. The maximum absolute atomic E-state index is 11.6. The lowest BCUT2D eigenvalue weighted by Gasteiger charge is -2.06. The van der Waals surface area contributed by atoms with Crippen LogP contribution in [0.1, 0.15) is 6.92 Å². The summed E-state index contributed by atoms with van der Waals surface area (Å²) in [4.78, 5) is 0. The van der Waals surface area contributed by atoms with Crippen LogP contribution in [0.5, 0.6) is 0 Å². The Morgan fingerprint density at radius 3 is 2.62 bits per heavy atom. The van der Waals surface area contributed by atoms with Crippen molar-refractivity contribution in [3.05, 3.63) is 0 Å². The zero-order valence-corrected chi connectivity index (χ0v) is 8.75. The first-order chi connectivity index (χ1) is 6.00. The molecule has 1 unspecified atom stereocenters. The van der Waals surface area contributed by atoms with Gasteiger partial charge >= 0.3 is 0 Å². The van der Waals surface area contributed by atoms with E-state index in [0.717, 1.165) is 4.68 Å². The van der Waals surface area contributed by atoms with Gasteiger partial charge < -0.3 is 0 Å². The molecule has 0 saturated carbocycles. The molecule has 1 atom stereocenters. The Labute approximate surface area is 80.8 Å². The highest BCUT2D eigenvalue weighted by Gasteiger charge is 2.27. The minimum Gasteiger partial charge on any atom is -0.220 e. The highest BCUT2D eigenvalue weighted by molar-refractivity contribution is 7.91. The fraction of sp³-hybridized carbons (Fsp3) is 0.800. The molecule has 0 aliphatic rings. The summed E-state index contributed by atoms with van der Waals surface area (Å²) >= 11 is 5.45. The Balaban J connectivity index is 3.16. The van der Waals surface area contributed by atoms with Crippen molar-refractivity contribution in [3.8, 4) is 0 Å². The lowest BCUT2D eigenvalue weighted by atomic mass is 10.6. The summed E-state index contributed by atoms with van der Waals surface area (Å²) < 4.78 is 24.3. The third-order valence-corrected chi connectivity index (χ3v) is 4.31. The van der Waals surface area contributed by atoms with Crippen LogP contribution in [0.2, 0.25) is 0 Å². The fourth-order valence-corrected chi connectivity index (χ4v) is 2.30. The van der Waals surface area contributed by atoms with Gasteiger partial charge in [-0.1, -0.05) is 5.10 Å². The van der Waals surface area contributed by atoms with Crippen molar-refractivity contribution in [2.24, 2.45) is 7.05 Å². The average molecular weight is 225 g/mol. The summed E-state index contributed by atoms with van der Waals surface area (Å²) in [5.41, 5.74) is 0. The molecule has 13 heavy (non-hydrogen) atoms. The van der Waals surface area contributed by atoms with Crippen molar-refractivity contribution in [1.82, 2.24) is 20.2 Å². The standard InChI is InChI=1S/C5H9ClN4O2S/c1-4(3-6)13(11,12)5-7-8-9-10(5)2/h4H,3H2,1-2H3. The number of hydrogen-bond acceptors (Lipinski definition) is 5. The van der Waals surface area contributed by atoms with Gasteiger partial charge in [0.15, 0.2) is 0 Å². The van der Waals surface area contributed by atoms with Crippen LogP contribution in [0.3, 0.4) is 0 Å². The van der Waals surface area contributed by atoms with Gasteiger partial charge in [-0.25, -0.2) is 13.1 Å². The molecule has 8 heteroatoms. The van der Waals surface area contributed by atoms with E-state index < -0.39 is 15.1 Å². The Morgan fingerprint density at radius 2 is 2.23 bits per heavy atom. The van der Waals surface area contributed by atoms with Gasteiger partial charge in [-0.2, -0.15) is 0 Å². The monoisotopic (exact) mass is 224 g/mol. The summed E-state index contributed by atoms with van der Waals surface area (Å²) in [6.45, 7) is 1.51. The predicted molar refractivity (Wildman–Crippen MR) is 46.2 cm³/mol. The Kier molecular flexibility index (Phi) is 2.87. The second kappa shape index (κ2) is 3.59. The molecule has 0 spiro atoms. The molecule has 0 aliphatic heterocycles. The summed E-state index contributed by atoms with van der Waals surface area (Å²) in [5, 5.41) is 9.26. The molecular weight excluding hydrogens is 216 g/mol. The normalized spacial score (nSPS) is 14.4. The zero-order chi connectivity index (χ0) is 10.1. The van der Waals surface area contributed by atoms with Crippen molar-refractivity contribution in [3.63, 3.8) is 0 Å². The summed E-state index contributed by atoms with van der Waals surface area (Å²) in [6.07, 6.45) is 0. The first kappa shape index (κ1) is 10.4. The van der Waals surface area contributed by atoms with Gasteiger partial charge in [-0.15, -0.1) is 11.6 Å². The molecule has 0 bridgehead atoms. The van der Waals surface area contributed by atoms with E-state index in [1.54, 1.807) is 0 Å². The number of alkyl halides is 1. The number of halogens is 1. The molecule has 0 aliphatic carbocycles. The van der Waals surface area contributed by atoms with Crippen LogP contribution in [0, 0.1) is 0 Å². The Morgan fingerprint density at radius 1 is 1.62 bits per heavy atom. The van der Waals surface area contributed by atoms with Gasteiger partial charge in [-0.05, 0) is 17.4 Å². The quantitative estimate of drug-likeness (QED) is 0.654. The molecule has 1 aromatic heterocycles. The lowest BCUT2D eigenvalue weighted by Crippen LogP contribution is -2.22. The molecule has 74 valence electrons. The number of nitrogens with zero attached hydrogens (tertiary/aromatic N) is 4. The third-order valence-electron chi connectivity index (χ3n) is 1.58. The second-order valence-corrected chi connectivity index (χ2v) is 5.16. The summed E-state index contributed by atoms with van der Waals surface area (Å²) in [5.74, 6) is 0.0230. The smallest absolute Gasteiger partial charge is 0.220 e. The molecule has 0 amide bonds. The van der Waals surface area contributed by atoms with Gasteiger partial charge in [0.1, 0.15) is 0 Å². The van der Waals surface area contributed by atoms with Crippen molar-refractivity contribution in [2.75, 3.05) is 5.88 Å². The molecule has 1 aromatic rings. The molecular formula is C5H9ClN4O2S. The van der Waals surface area contributed by atoms with E-state index in [1.165, 1.54) is 14.0 Å². The second-order valence-electron chi connectivity index (χ2n) is 2.59. The average Bonchev–Trinajstić information content (AvgIpc) is 2.50. The number of aryl methyl sites for hydroxylation is 1. The topological polar surface area (TPSA) is 77.7 Å². The van der Waals surface area contributed by atoms with Crippen LogP contribution in [-0.2, 0) is 16.9 Å². The predicted octanol–water partition coefficient (Wildman–Crippen LogP) is -0.389. The van der Waals surface area contributed by atoms with E-state index in [4.69, 9.17) is 11.6 Å². The molecule has 0 aromatic carbocycles. The molecule has 0 fully saturated rings. The fourth-order valence-electron chi connectivity index (χ4n) is 0.725. The SMILES string of the molecule is CC(CCl)S(=O)(=O)c1nnnn1C. The molecule has 1 heterocycles. The van der Waals surface area contributed by atoms with Crippen molar-refractivity contribution in [1.29, 1.82) is 0 Å². The third kappa shape index (κ3) is 1.80.